The largest absolute Gasteiger partial charge is 0.416 e. The van der Waals surface area contributed by atoms with E-state index in [1.54, 1.807) is 12.1 Å². The first-order valence-electron chi connectivity index (χ1n) is 8.83. The van der Waals surface area contributed by atoms with Crippen LogP contribution in [0.5, 0.6) is 0 Å². The summed E-state index contributed by atoms with van der Waals surface area (Å²) < 4.78 is 57.0. The lowest BCUT2D eigenvalue weighted by molar-refractivity contribution is -0.137. The minimum atomic E-state index is -4.40. The van der Waals surface area contributed by atoms with Gasteiger partial charge in [0.25, 0.3) is 5.89 Å². The number of rotatable bonds is 4. The fourth-order valence-corrected chi connectivity index (χ4v) is 3.26. The van der Waals surface area contributed by atoms with Gasteiger partial charge in [0.1, 0.15) is 5.82 Å². The van der Waals surface area contributed by atoms with E-state index in [2.05, 4.69) is 10.1 Å². The van der Waals surface area contributed by atoms with Crippen molar-refractivity contribution in [2.24, 2.45) is 0 Å². The zero-order valence-electron chi connectivity index (χ0n) is 15.0. The quantitative estimate of drug-likeness (QED) is 0.604. The molecular weight excluding hydrogens is 390 g/mol. The summed E-state index contributed by atoms with van der Waals surface area (Å²) in [5.41, 5.74) is 0.0312. The first-order chi connectivity index (χ1) is 13.8. The molecule has 0 spiro atoms. The van der Waals surface area contributed by atoms with Gasteiger partial charge >= 0.3 is 6.18 Å². The lowest BCUT2D eigenvalue weighted by Crippen LogP contribution is -2.24. The van der Waals surface area contributed by atoms with Crippen LogP contribution in [0, 0.1) is 5.82 Å². The Balaban J connectivity index is 1.45. The van der Waals surface area contributed by atoms with Gasteiger partial charge in [0.05, 0.1) is 11.1 Å². The molecule has 29 heavy (non-hydrogen) atoms. The number of hydrogen-bond acceptors (Lipinski definition) is 4. The highest BCUT2D eigenvalue weighted by Gasteiger charge is 2.34. The Labute approximate surface area is 162 Å². The van der Waals surface area contributed by atoms with Crippen molar-refractivity contribution in [3.8, 4) is 11.5 Å². The molecule has 0 bridgehead atoms. The van der Waals surface area contributed by atoms with Gasteiger partial charge in [-0.15, -0.1) is 0 Å². The fourth-order valence-electron chi connectivity index (χ4n) is 3.26. The van der Waals surface area contributed by atoms with Crippen LogP contribution in [-0.4, -0.2) is 27.5 Å². The summed E-state index contributed by atoms with van der Waals surface area (Å²) in [5, 5.41) is 3.87. The predicted octanol–water partition coefficient (Wildman–Crippen LogP) is 4.41. The maximum absolute atomic E-state index is 13.9. The smallest absolute Gasteiger partial charge is 0.338 e. The number of carbonyl (C=O) groups is 1. The molecular formula is C20H15F4N3O2. The topological polar surface area (TPSA) is 59.2 Å². The highest BCUT2D eigenvalue weighted by molar-refractivity contribution is 5.79. The van der Waals surface area contributed by atoms with Gasteiger partial charge in [-0.25, -0.2) is 4.39 Å². The van der Waals surface area contributed by atoms with Crippen LogP contribution in [0.25, 0.3) is 11.5 Å². The van der Waals surface area contributed by atoms with Crippen molar-refractivity contribution in [3.05, 3.63) is 71.3 Å². The van der Waals surface area contributed by atoms with Gasteiger partial charge in [-0.3, -0.25) is 4.79 Å². The molecule has 1 saturated heterocycles. The summed E-state index contributed by atoms with van der Waals surface area (Å²) in [6, 6.07) is 10.7. The summed E-state index contributed by atoms with van der Waals surface area (Å²) in [6.45, 7) is 0.488. The van der Waals surface area contributed by atoms with E-state index in [9.17, 15) is 22.4 Å². The molecule has 1 aliphatic rings. The van der Waals surface area contributed by atoms with E-state index >= 15 is 0 Å². The molecule has 1 atom stereocenters. The molecule has 4 rings (SSSR count). The van der Waals surface area contributed by atoms with E-state index in [4.69, 9.17) is 4.52 Å². The maximum Gasteiger partial charge on any atom is 0.416 e. The molecule has 9 heteroatoms. The van der Waals surface area contributed by atoms with E-state index in [1.807, 2.05) is 0 Å². The summed E-state index contributed by atoms with van der Waals surface area (Å²) in [5.74, 6) is -0.652. The Morgan fingerprint density at radius 3 is 2.52 bits per heavy atom. The van der Waals surface area contributed by atoms with Gasteiger partial charge < -0.3 is 9.42 Å². The predicted molar refractivity (Wildman–Crippen MR) is 93.9 cm³/mol. The van der Waals surface area contributed by atoms with Crippen LogP contribution in [0.2, 0.25) is 0 Å². The first kappa shape index (κ1) is 19.1. The van der Waals surface area contributed by atoms with Crippen molar-refractivity contribution < 1.29 is 26.9 Å². The van der Waals surface area contributed by atoms with Gasteiger partial charge in [0.2, 0.25) is 5.91 Å². The Morgan fingerprint density at radius 1 is 1.10 bits per heavy atom. The molecule has 1 aliphatic heterocycles. The Morgan fingerprint density at radius 2 is 1.83 bits per heavy atom. The number of carbonyl (C=O) groups excluding carboxylic acids is 1. The third-order valence-corrected chi connectivity index (χ3v) is 4.78. The van der Waals surface area contributed by atoms with Gasteiger partial charge in [-0.2, -0.15) is 18.2 Å². The Bertz CT molecular complexity index is 1030. The number of halogens is 4. The Kier molecular flexibility index (Phi) is 4.81. The van der Waals surface area contributed by atoms with Crippen LogP contribution in [0.3, 0.4) is 0 Å². The Hall–Kier alpha value is -3.23. The second-order valence-corrected chi connectivity index (χ2v) is 6.81. The zero-order valence-corrected chi connectivity index (χ0v) is 15.0. The van der Waals surface area contributed by atoms with Crippen molar-refractivity contribution >= 4 is 5.91 Å². The number of hydrogen-bond donors (Lipinski definition) is 0. The molecule has 0 N–H and O–H groups in total. The molecule has 0 saturated carbocycles. The van der Waals surface area contributed by atoms with Crippen LogP contribution in [-0.2, 0) is 17.5 Å². The lowest BCUT2D eigenvalue weighted by Gasteiger charge is -2.16. The summed E-state index contributed by atoms with van der Waals surface area (Å²) in [6.07, 6.45) is -4.25. The average Bonchev–Trinajstić information content (AvgIpc) is 3.29. The van der Waals surface area contributed by atoms with Crippen LogP contribution in [0.1, 0.15) is 29.3 Å². The molecule has 5 nitrogen and oxygen atoms in total. The summed E-state index contributed by atoms with van der Waals surface area (Å²) >= 11 is 0. The van der Waals surface area contributed by atoms with Crippen LogP contribution in [0.15, 0.2) is 53.1 Å². The van der Waals surface area contributed by atoms with Gasteiger partial charge in [0, 0.05) is 25.4 Å². The fraction of sp³-hybridized carbons (Fsp3) is 0.250. The highest BCUT2D eigenvalue weighted by atomic mass is 19.4. The standard InChI is InChI=1S/C20H15F4N3O2/c21-16-4-2-1-3-15(16)19-25-18(26-29-19)13-9-17(28)27(11-13)10-12-5-7-14(8-6-12)20(22,23)24/h1-8,13H,9-11H2. The molecule has 2 heterocycles. The van der Waals surface area contributed by atoms with Crippen molar-refractivity contribution in [2.75, 3.05) is 6.54 Å². The molecule has 0 radical (unpaired) electrons. The van der Waals surface area contributed by atoms with E-state index in [1.165, 1.54) is 29.2 Å². The second kappa shape index (κ2) is 7.31. The maximum atomic E-state index is 13.9. The molecule has 3 aromatic rings. The number of aromatic nitrogens is 2. The monoisotopic (exact) mass is 405 g/mol. The van der Waals surface area contributed by atoms with Crippen molar-refractivity contribution in [2.45, 2.75) is 25.1 Å². The van der Waals surface area contributed by atoms with Gasteiger partial charge in [-0.05, 0) is 29.8 Å². The van der Waals surface area contributed by atoms with Crippen molar-refractivity contribution in [1.82, 2.24) is 15.0 Å². The molecule has 0 aliphatic carbocycles. The lowest BCUT2D eigenvalue weighted by atomic mass is 10.1. The molecule has 150 valence electrons. The van der Waals surface area contributed by atoms with E-state index in [0.717, 1.165) is 12.1 Å². The molecule has 2 aromatic carbocycles. The SMILES string of the molecule is O=C1CC(c2noc(-c3ccccc3F)n2)CN1Cc1ccc(C(F)(F)F)cc1. The molecule has 1 aromatic heterocycles. The van der Waals surface area contributed by atoms with E-state index in [-0.39, 0.29) is 36.2 Å². The normalized spacial score (nSPS) is 17.2. The number of likely N-dealkylation sites (tertiary alicyclic amines) is 1. The van der Waals surface area contributed by atoms with Gasteiger partial charge in [0.15, 0.2) is 5.82 Å². The summed E-state index contributed by atoms with van der Waals surface area (Å²) in [4.78, 5) is 18.1. The summed E-state index contributed by atoms with van der Waals surface area (Å²) in [7, 11) is 0. The number of amides is 1. The number of benzene rings is 2. The second-order valence-electron chi connectivity index (χ2n) is 6.81. The number of alkyl halides is 3. The molecule has 1 fully saturated rings. The minimum Gasteiger partial charge on any atom is -0.338 e. The van der Waals surface area contributed by atoms with E-state index < -0.39 is 17.6 Å². The van der Waals surface area contributed by atoms with Crippen LogP contribution < -0.4 is 0 Å². The molecule has 1 amide bonds. The number of nitrogens with zero attached hydrogens (tertiary/aromatic N) is 3. The van der Waals surface area contributed by atoms with Crippen LogP contribution in [0.4, 0.5) is 17.6 Å². The molecule has 1 unspecified atom stereocenters. The van der Waals surface area contributed by atoms with Crippen molar-refractivity contribution in [3.63, 3.8) is 0 Å². The van der Waals surface area contributed by atoms with Crippen LogP contribution >= 0.6 is 0 Å². The third-order valence-electron chi connectivity index (χ3n) is 4.78. The van der Waals surface area contributed by atoms with E-state index in [0.29, 0.717) is 17.9 Å². The van der Waals surface area contributed by atoms with Crippen molar-refractivity contribution in [1.29, 1.82) is 0 Å². The first-order valence-corrected chi connectivity index (χ1v) is 8.83. The third kappa shape index (κ3) is 3.98. The minimum absolute atomic E-state index is 0.0340. The van der Waals surface area contributed by atoms with Gasteiger partial charge in [-0.1, -0.05) is 29.4 Å². The average molecular weight is 405 g/mol. The highest BCUT2D eigenvalue weighted by Crippen LogP contribution is 2.31. The zero-order chi connectivity index (χ0) is 20.6.